The Hall–Kier alpha value is -2.66. The van der Waals surface area contributed by atoms with Crippen molar-refractivity contribution in [2.24, 2.45) is 0 Å². The van der Waals surface area contributed by atoms with Gasteiger partial charge in [-0.05, 0) is 37.8 Å². The fourth-order valence-electron chi connectivity index (χ4n) is 4.07. The van der Waals surface area contributed by atoms with Crippen LogP contribution >= 0.6 is 23.2 Å². The summed E-state index contributed by atoms with van der Waals surface area (Å²) in [7, 11) is 0. The SMILES string of the molecule is N#Cc1ncc(N2CCC(OCc3c(-c4c(Cl)cccc4Cl)noc3C3CC3)CC2)cn1. The lowest BCUT2D eigenvalue weighted by Crippen LogP contribution is -2.37. The Labute approximate surface area is 195 Å². The molecule has 1 aliphatic carbocycles. The van der Waals surface area contributed by atoms with Gasteiger partial charge < -0.3 is 14.2 Å². The molecule has 7 nitrogen and oxygen atoms in total. The second-order valence-electron chi connectivity index (χ2n) is 8.12. The largest absolute Gasteiger partial charge is 0.373 e. The minimum absolute atomic E-state index is 0.127. The molecule has 0 unspecified atom stereocenters. The molecule has 1 saturated carbocycles. The topological polar surface area (TPSA) is 88.1 Å². The lowest BCUT2D eigenvalue weighted by molar-refractivity contribution is 0.0246. The summed E-state index contributed by atoms with van der Waals surface area (Å²) in [4.78, 5) is 10.3. The molecule has 0 bridgehead atoms. The Bertz CT molecular complexity index is 1130. The predicted molar refractivity (Wildman–Crippen MR) is 121 cm³/mol. The van der Waals surface area contributed by atoms with Crippen molar-refractivity contribution in [1.82, 2.24) is 15.1 Å². The number of rotatable bonds is 6. The number of nitriles is 1. The molecule has 3 heterocycles. The zero-order valence-corrected chi connectivity index (χ0v) is 18.8. The fraction of sp³-hybridized carbons (Fsp3) is 0.391. The van der Waals surface area contributed by atoms with E-state index in [9.17, 15) is 0 Å². The van der Waals surface area contributed by atoms with Crippen LogP contribution in [0.4, 0.5) is 5.69 Å². The number of hydrogen-bond acceptors (Lipinski definition) is 7. The van der Waals surface area contributed by atoms with Crippen LogP contribution in [0.25, 0.3) is 11.3 Å². The van der Waals surface area contributed by atoms with Crippen molar-refractivity contribution in [3.8, 4) is 17.3 Å². The van der Waals surface area contributed by atoms with Gasteiger partial charge in [0.15, 0.2) is 0 Å². The van der Waals surface area contributed by atoms with Crippen LogP contribution in [0, 0.1) is 11.3 Å². The van der Waals surface area contributed by atoms with Gasteiger partial charge in [0.25, 0.3) is 0 Å². The summed E-state index contributed by atoms with van der Waals surface area (Å²) in [5, 5.41) is 14.3. The Morgan fingerprint density at radius 2 is 1.78 bits per heavy atom. The van der Waals surface area contributed by atoms with Crippen molar-refractivity contribution in [1.29, 1.82) is 5.26 Å². The first-order chi connectivity index (χ1) is 15.6. The molecule has 164 valence electrons. The number of piperidine rings is 1. The quantitative estimate of drug-likeness (QED) is 0.478. The number of nitrogens with zero attached hydrogens (tertiary/aromatic N) is 5. The molecular weight excluding hydrogens is 449 g/mol. The second-order valence-corrected chi connectivity index (χ2v) is 8.93. The molecule has 3 aromatic rings. The van der Waals surface area contributed by atoms with Gasteiger partial charge >= 0.3 is 0 Å². The Morgan fingerprint density at radius 1 is 1.09 bits per heavy atom. The molecule has 0 amide bonds. The van der Waals surface area contributed by atoms with Crippen molar-refractivity contribution in [2.75, 3.05) is 18.0 Å². The molecule has 0 N–H and O–H groups in total. The minimum atomic E-state index is 0.127. The van der Waals surface area contributed by atoms with E-state index in [1.165, 1.54) is 0 Å². The number of ether oxygens (including phenoxy) is 1. The van der Waals surface area contributed by atoms with Crippen LogP contribution in [-0.2, 0) is 11.3 Å². The molecule has 2 aromatic heterocycles. The van der Waals surface area contributed by atoms with Gasteiger partial charge in [-0.15, -0.1) is 0 Å². The third-order valence-electron chi connectivity index (χ3n) is 5.97. The summed E-state index contributed by atoms with van der Waals surface area (Å²) < 4.78 is 12.0. The van der Waals surface area contributed by atoms with E-state index in [1.807, 2.05) is 24.3 Å². The number of anilines is 1. The summed E-state index contributed by atoms with van der Waals surface area (Å²) in [6.07, 6.45) is 7.49. The Kier molecular flexibility index (Phi) is 6.01. The van der Waals surface area contributed by atoms with Crippen LogP contribution in [0.2, 0.25) is 10.0 Å². The predicted octanol–water partition coefficient (Wildman–Crippen LogP) is 5.37. The zero-order chi connectivity index (χ0) is 22.1. The molecule has 1 saturated heterocycles. The monoisotopic (exact) mass is 469 g/mol. The molecule has 0 spiro atoms. The first-order valence-electron chi connectivity index (χ1n) is 10.7. The van der Waals surface area contributed by atoms with Crippen molar-refractivity contribution in [2.45, 2.75) is 44.3 Å². The van der Waals surface area contributed by atoms with Crippen molar-refractivity contribution < 1.29 is 9.26 Å². The smallest absolute Gasteiger partial charge is 0.232 e. The highest BCUT2D eigenvalue weighted by Crippen LogP contribution is 2.46. The molecule has 0 radical (unpaired) electrons. The summed E-state index contributed by atoms with van der Waals surface area (Å²) >= 11 is 12.9. The summed E-state index contributed by atoms with van der Waals surface area (Å²) in [6.45, 7) is 2.08. The maximum absolute atomic E-state index is 8.86. The van der Waals surface area contributed by atoms with E-state index in [0.29, 0.717) is 33.8 Å². The number of benzene rings is 1. The van der Waals surface area contributed by atoms with Crippen LogP contribution in [-0.4, -0.2) is 34.3 Å². The van der Waals surface area contributed by atoms with Crippen LogP contribution < -0.4 is 4.90 Å². The highest BCUT2D eigenvalue weighted by molar-refractivity contribution is 6.39. The van der Waals surface area contributed by atoms with Gasteiger partial charge in [-0.3, -0.25) is 0 Å². The maximum Gasteiger partial charge on any atom is 0.232 e. The number of hydrogen-bond donors (Lipinski definition) is 0. The fourth-order valence-corrected chi connectivity index (χ4v) is 4.65. The van der Waals surface area contributed by atoms with Crippen molar-refractivity contribution >= 4 is 28.9 Å². The maximum atomic E-state index is 8.86. The molecular formula is C23H21Cl2N5O2. The average molecular weight is 470 g/mol. The van der Waals surface area contributed by atoms with Crippen LogP contribution in [0.5, 0.6) is 0 Å². The van der Waals surface area contributed by atoms with Gasteiger partial charge in [0.1, 0.15) is 17.5 Å². The van der Waals surface area contributed by atoms with Gasteiger partial charge in [-0.25, -0.2) is 9.97 Å². The molecule has 1 aromatic carbocycles. The molecule has 2 fully saturated rings. The van der Waals surface area contributed by atoms with Gasteiger partial charge in [-0.2, -0.15) is 5.26 Å². The lowest BCUT2D eigenvalue weighted by atomic mass is 10.0. The number of aromatic nitrogens is 3. The molecule has 1 aliphatic heterocycles. The van der Waals surface area contributed by atoms with Gasteiger partial charge in [0.05, 0.1) is 40.8 Å². The molecule has 32 heavy (non-hydrogen) atoms. The lowest BCUT2D eigenvalue weighted by Gasteiger charge is -2.33. The summed E-state index contributed by atoms with van der Waals surface area (Å²) in [5.41, 5.74) is 3.24. The van der Waals surface area contributed by atoms with E-state index in [2.05, 4.69) is 20.0 Å². The van der Waals surface area contributed by atoms with E-state index in [0.717, 1.165) is 55.8 Å². The Balaban J connectivity index is 1.27. The Morgan fingerprint density at radius 3 is 2.41 bits per heavy atom. The first-order valence-corrected chi connectivity index (χ1v) is 11.4. The van der Waals surface area contributed by atoms with Gasteiger partial charge in [-0.1, -0.05) is 34.4 Å². The highest BCUT2D eigenvalue weighted by Gasteiger charge is 2.34. The molecule has 5 rings (SSSR count). The van der Waals surface area contributed by atoms with Crippen molar-refractivity contribution in [3.05, 3.63) is 57.8 Å². The van der Waals surface area contributed by atoms with Crippen molar-refractivity contribution in [3.63, 3.8) is 0 Å². The van der Waals surface area contributed by atoms with E-state index in [-0.39, 0.29) is 11.9 Å². The first kappa shape index (κ1) is 21.2. The minimum Gasteiger partial charge on any atom is -0.373 e. The summed E-state index contributed by atoms with van der Waals surface area (Å²) in [5.74, 6) is 1.47. The van der Waals surface area contributed by atoms with Gasteiger partial charge in [0.2, 0.25) is 5.82 Å². The highest BCUT2D eigenvalue weighted by atomic mass is 35.5. The van der Waals surface area contributed by atoms with Gasteiger partial charge in [0, 0.05) is 30.1 Å². The van der Waals surface area contributed by atoms with E-state index in [4.69, 9.17) is 37.7 Å². The van der Waals surface area contributed by atoms with E-state index in [1.54, 1.807) is 12.4 Å². The normalized spacial score (nSPS) is 16.8. The third kappa shape index (κ3) is 4.31. The molecule has 0 atom stereocenters. The molecule has 2 aliphatic rings. The average Bonchev–Trinajstić information content (AvgIpc) is 3.58. The standard InChI is InChI=1S/C23H21Cl2N5O2/c24-18-2-1-3-19(25)21(18)22-17(23(32-29-22)14-4-5-14)13-31-16-6-8-30(9-7-16)15-11-27-20(10-26)28-12-15/h1-3,11-12,14,16H,4-9,13H2. The number of halogens is 2. The van der Waals surface area contributed by atoms with E-state index < -0.39 is 0 Å². The molecule has 9 heteroatoms. The third-order valence-corrected chi connectivity index (χ3v) is 6.60. The van der Waals surface area contributed by atoms with Crippen LogP contribution in [0.1, 0.15) is 48.7 Å². The second kappa shape index (κ2) is 9.07. The summed E-state index contributed by atoms with van der Waals surface area (Å²) in [6, 6.07) is 7.38. The van der Waals surface area contributed by atoms with E-state index >= 15 is 0 Å². The van der Waals surface area contributed by atoms with Crippen LogP contribution in [0.3, 0.4) is 0 Å². The van der Waals surface area contributed by atoms with Crippen LogP contribution in [0.15, 0.2) is 35.1 Å². The zero-order valence-electron chi connectivity index (χ0n) is 17.3.